The number of aryl methyl sites for hydroxylation is 2. The van der Waals surface area contributed by atoms with Crippen LogP contribution in [-0.4, -0.2) is 0 Å². The molecule has 0 N–H and O–H groups in total. The molecule has 3 aliphatic rings. The zero-order chi connectivity index (χ0) is 17.7. The van der Waals surface area contributed by atoms with Crippen LogP contribution < -0.4 is 0 Å². The van der Waals surface area contributed by atoms with Crippen LogP contribution in [0.25, 0.3) is 0 Å². The summed E-state index contributed by atoms with van der Waals surface area (Å²) in [6.07, 6.45) is 4.19. The van der Waals surface area contributed by atoms with E-state index in [-0.39, 0.29) is 5.41 Å². The van der Waals surface area contributed by atoms with E-state index in [0.29, 0.717) is 16.2 Å². The average Bonchev–Trinajstić information content (AvgIpc) is 2.92. The molecule has 3 saturated carbocycles. The second kappa shape index (κ2) is 4.40. The van der Waals surface area contributed by atoms with Crippen LogP contribution in [0.2, 0.25) is 0 Å². The fourth-order valence-corrected chi connectivity index (χ4v) is 7.77. The lowest BCUT2D eigenvalue weighted by molar-refractivity contribution is 0.108. The van der Waals surface area contributed by atoms with Gasteiger partial charge in [-0.1, -0.05) is 80.4 Å². The summed E-state index contributed by atoms with van der Waals surface area (Å²) < 4.78 is 0. The molecule has 3 fully saturated rings. The van der Waals surface area contributed by atoms with Crippen LogP contribution >= 0.6 is 0 Å². The van der Waals surface area contributed by atoms with Crippen LogP contribution in [-0.2, 0) is 5.41 Å². The van der Waals surface area contributed by atoms with Gasteiger partial charge in [-0.05, 0) is 66.4 Å². The molecular weight excluding hydrogens is 300 g/mol. The minimum absolute atomic E-state index is 0.166. The van der Waals surface area contributed by atoms with Crippen LogP contribution in [0.4, 0.5) is 0 Å². The molecule has 5 rings (SSSR count). The van der Waals surface area contributed by atoms with Crippen molar-refractivity contribution in [2.75, 3.05) is 0 Å². The van der Waals surface area contributed by atoms with Gasteiger partial charge in [0, 0.05) is 5.41 Å². The maximum absolute atomic E-state index is 2.62. The number of hydrogen-bond donors (Lipinski definition) is 0. The highest BCUT2D eigenvalue weighted by Gasteiger charge is 2.93. The van der Waals surface area contributed by atoms with Crippen LogP contribution in [0.5, 0.6) is 0 Å². The molecule has 0 saturated heterocycles. The Balaban J connectivity index is 1.79. The minimum Gasteiger partial charge on any atom is -0.0590 e. The summed E-state index contributed by atoms with van der Waals surface area (Å²) in [5.74, 6) is 0.898. The minimum atomic E-state index is 0.166. The molecule has 0 aromatic heterocycles. The summed E-state index contributed by atoms with van der Waals surface area (Å²) in [6, 6.07) is 19.0. The second-order valence-electron chi connectivity index (χ2n) is 9.80. The van der Waals surface area contributed by atoms with Gasteiger partial charge in [0.05, 0.1) is 0 Å². The first-order valence-corrected chi connectivity index (χ1v) is 9.96. The van der Waals surface area contributed by atoms with Crippen molar-refractivity contribution >= 4 is 0 Å². The van der Waals surface area contributed by atoms with Gasteiger partial charge in [-0.15, -0.1) is 0 Å². The van der Waals surface area contributed by atoms with Gasteiger partial charge in [0.2, 0.25) is 0 Å². The molecule has 0 aliphatic heterocycles. The molecule has 0 heterocycles. The predicted octanol–water partition coefficient (Wildman–Crippen LogP) is 6.44. The lowest BCUT2D eigenvalue weighted by atomic mass is 9.60. The van der Waals surface area contributed by atoms with E-state index in [1.165, 1.54) is 30.4 Å². The third-order valence-electron chi connectivity index (χ3n) is 9.27. The molecule has 2 aromatic carbocycles. The van der Waals surface area contributed by atoms with Crippen LogP contribution in [0.15, 0.2) is 48.5 Å². The summed E-state index contributed by atoms with van der Waals surface area (Å²) in [4.78, 5) is 0. The molecular formula is C25H30. The van der Waals surface area contributed by atoms with E-state index in [1.807, 2.05) is 0 Å². The summed E-state index contributed by atoms with van der Waals surface area (Å²) in [7, 11) is 0. The fourth-order valence-electron chi connectivity index (χ4n) is 7.77. The summed E-state index contributed by atoms with van der Waals surface area (Å²) >= 11 is 0. The van der Waals surface area contributed by atoms with E-state index in [1.54, 1.807) is 11.1 Å². The van der Waals surface area contributed by atoms with Gasteiger partial charge >= 0.3 is 0 Å². The molecule has 25 heavy (non-hydrogen) atoms. The van der Waals surface area contributed by atoms with Gasteiger partial charge < -0.3 is 0 Å². The fraction of sp³-hybridized carbons (Fsp3) is 0.520. The molecule has 0 bridgehead atoms. The Labute approximate surface area is 152 Å². The van der Waals surface area contributed by atoms with Gasteiger partial charge in [0.1, 0.15) is 0 Å². The SMILES string of the molecule is Cc1ccc(C2(c3ccc(C)cc3)CC3CCC34C(C)(C)C24C)cc1. The molecule has 0 nitrogen and oxygen atoms in total. The molecule has 3 atom stereocenters. The average molecular weight is 331 g/mol. The van der Waals surface area contributed by atoms with Crippen molar-refractivity contribution in [3.8, 4) is 0 Å². The topological polar surface area (TPSA) is 0 Å². The third kappa shape index (κ3) is 1.41. The lowest BCUT2D eigenvalue weighted by Gasteiger charge is -2.43. The zero-order valence-electron chi connectivity index (χ0n) is 16.3. The van der Waals surface area contributed by atoms with Crippen molar-refractivity contribution in [1.29, 1.82) is 0 Å². The molecule has 130 valence electrons. The Morgan fingerprint density at radius 3 is 1.56 bits per heavy atom. The highest BCUT2D eigenvalue weighted by molar-refractivity contribution is 5.55. The standard InChI is InChI=1S/C25H30/c1-17-6-10-19(11-7-17)24(20-12-8-18(2)9-13-20)16-21-14-15-25(21)22(3,4)23(24,25)5/h6-13,21H,14-16H2,1-5H3. The normalized spacial score (nSPS) is 36.3. The first kappa shape index (κ1) is 15.7. The number of hydrogen-bond acceptors (Lipinski definition) is 0. The third-order valence-corrected chi connectivity index (χ3v) is 9.27. The van der Waals surface area contributed by atoms with Crippen LogP contribution in [0.3, 0.4) is 0 Å². The monoisotopic (exact) mass is 330 g/mol. The first-order chi connectivity index (χ1) is 11.8. The Kier molecular flexibility index (Phi) is 2.76. The molecule has 0 heteroatoms. The van der Waals surface area contributed by atoms with E-state index in [4.69, 9.17) is 0 Å². The van der Waals surface area contributed by atoms with Crippen molar-refractivity contribution in [2.45, 2.75) is 59.3 Å². The first-order valence-electron chi connectivity index (χ1n) is 9.96. The maximum atomic E-state index is 2.62. The van der Waals surface area contributed by atoms with Gasteiger partial charge in [0.15, 0.2) is 0 Å². The van der Waals surface area contributed by atoms with Crippen LogP contribution in [0.1, 0.15) is 62.3 Å². The highest BCUT2D eigenvalue weighted by atomic mass is 15.0. The van der Waals surface area contributed by atoms with Crippen LogP contribution in [0, 0.1) is 36.0 Å². The summed E-state index contributed by atoms with van der Waals surface area (Å²) in [5.41, 5.74) is 7.33. The van der Waals surface area contributed by atoms with Crippen molar-refractivity contribution < 1.29 is 0 Å². The van der Waals surface area contributed by atoms with Crippen molar-refractivity contribution in [3.63, 3.8) is 0 Å². The largest absolute Gasteiger partial charge is 0.0590 e. The van der Waals surface area contributed by atoms with E-state index < -0.39 is 0 Å². The van der Waals surface area contributed by atoms with Gasteiger partial charge in [-0.25, -0.2) is 0 Å². The molecule has 1 spiro atoms. The molecule has 0 radical (unpaired) electrons. The number of benzene rings is 2. The summed E-state index contributed by atoms with van der Waals surface area (Å²) in [6.45, 7) is 12.1. The Morgan fingerprint density at radius 2 is 1.24 bits per heavy atom. The highest BCUT2D eigenvalue weighted by Crippen LogP contribution is 2.97. The van der Waals surface area contributed by atoms with Gasteiger partial charge in [-0.3, -0.25) is 0 Å². The van der Waals surface area contributed by atoms with Crippen molar-refractivity contribution in [3.05, 3.63) is 70.8 Å². The van der Waals surface area contributed by atoms with Crippen molar-refractivity contribution in [1.82, 2.24) is 0 Å². The molecule has 3 unspecified atom stereocenters. The molecule has 2 aromatic rings. The van der Waals surface area contributed by atoms with E-state index in [0.717, 1.165) is 5.92 Å². The predicted molar refractivity (Wildman–Crippen MR) is 105 cm³/mol. The Morgan fingerprint density at radius 1 is 0.760 bits per heavy atom. The Bertz CT molecular complexity index is 793. The van der Waals surface area contributed by atoms with Crippen molar-refractivity contribution in [2.24, 2.45) is 22.2 Å². The quantitative estimate of drug-likeness (QED) is 0.594. The Hall–Kier alpha value is -1.56. The molecule has 0 amide bonds. The summed E-state index contributed by atoms with van der Waals surface area (Å²) in [5, 5.41) is 0. The van der Waals surface area contributed by atoms with E-state index in [2.05, 4.69) is 83.1 Å². The zero-order valence-corrected chi connectivity index (χ0v) is 16.3. The van der Waals surface area contributed by atoms with E-state index >= 15 is 0 Å². The van der Waals surface area contributed by atoms with Gasteiger partial charge in [0.25, 0.3) is 0 Å². The van der Waals surface area contributed by atoms with E-state index in [9.17, 15) is 0 Å². The maximum Gasteiger partial charge on any atom is 0.0270 e. The molecule has 3 aliphatic carbocycles. The van der Waals surface area contributed by atoms with Gasteiger partial charge in [-0.2, -0.15) is 0 Å². The second-order valence-corrected chi connectivity index (χ2v) is 9.80. The lowest BCUT2D eigenvalue weighted by Crippen LogP contribution is -2.38. The smallest absolute Gasteiger partial charge is 0.0270 e. The number of rotatable bonds is 2.